The molecule has 0 spiro atoms. The Morgan fingerprint density at radius 2 is 1.57 bits per heavy atom. The van der Waals surface area contributed by atoms with Crippen LogP contribution < -0.4 is 0 Å². The van der Waals surface area contributed by atoms with Crippen LogP contribution in [-0.4, -0.2) is 11.8 Å². The molecule has 0 aliphatic carbocycles. The normalized spacial score (nSPS) is 11.6. The minimum atomic E-state index is -0.376. The summed E-state index contributed by atoms with van der Waals surface area (Å²) in [5.74, 6) is 0.427. The second-order valence-electron chi connectivity index (χ2n) is 5.34. The maximum atomic E-state index is 14.0. The molecule has 0 unspecified atom stereocenters. The van der Waals surface area contributed by atoms with Crippen molar-refractivity contribution in [1.29, 1.82) is 0 Å². The maximum Gasteiger partial charge on any atom is 0.127 e. The van der Waals surface area contributed by atoms with E-state index in [1.165, 1.54) is 6.07 Å². The summed E-state index contributed by atoms with van der Waals surface area (Å²) in [6.07, 6.45) is 1.20. The first-order chi connectivity index (χ1) is 10.1. The Kier molecular flexibility index (Phi) is 5.92. The summed E-state index contributed by atoms with van der Waals surface area (Å²) in [6.45, 7) is 0. The van der Waals surface area contributed by atoms with Crippen LogP contribution >= 0.6 is 34.8 Å². The van der Waals surface area contributed by atoms with Crippen LogP contribution in [0.4, 0.5) is 4.39 Å². The van der Waals surface area contributed by atoms with Gasteiger partial charge in [-0.1, -0.05) is 48.0 Å². The van der Waals surface area contributed by atoms with Crippen molar-refractivity contribution in [3.05, 3.63) is 70.5 Å². The van der Waals surface area contributed by atoms with Crippen LogP contribution in [0.15, 0.2) is 48.5 Å². The van der Waals surface area contributed by atoms with Gasteiger partial charge in [0.15, 0.2) is 0 Å². The fourth-order valence-corrected chi connectivity index (χ4v) is 3.21. The van der Waals surface area contributed by atoms with Crippen molar-refractivity contribution in [3.8, 4) is 0 Å². The Balaban J connectivity index is 2.25. The SMILES string of the molecule is Fc1cc(Cl)ccc1CC(CCl)(CCl)Cc1ccccc1. The lowest BCUT2D eigenvalue weighted by atomic mass is 9.79. The second kappa shape index (κ2) is 7.49. The van der Waals surface area contributed by atoms with E-state index in [0.29, 0.717) is 35.2 Å². The van der Waals surface area contributed by atoms with E-state index in [0.717, 1.165) is 5.56 Å². The lowest BCUT2D eigenvalue weighted by Crippen LogP contribution is -2.31. The Hall–Kier alpha value is -0.760. The summed E-state index contributed by atoms with van der Waals surface area (Å²) >= 11 is 18.1. The summed E-state index contributed by atoms with van der Waals surface area (Å²) < 4.78 is 14.0. The van der Waals surface area contributed by atoms with Crippen LogP contribution in [0.25, 0.3) is 0 Å². The molecule has 0 N–H and O–H groups in total. The molecule has 21 heavy (non-hydrogen) atoms. The van der Waals surface area contributed by atoms with Crippen LogP contribution in [0.5, 0.6) is 0 Å². The maximum absolute atomic E-state index is 14.0. The first-order valence-corrected chi connectivity index (χ1v) is 8.13. The molecule has 0 nitrogen and oxygen atoms in total. The summed E-state index contributed by atoms with van der Waals surface area (Å²) in [6, 6.07) is 14.7. The van der Waals surface area contributed by atoms with E-state index in [-0.39, 0.29) is 11.2 Å². The Labute approximate surface area is 139 Å². The number of hydrogen-bond acceptors (Lipinski definition) is 0. The second-order valence-corrected chi connectivity index (χ2v) is 6.31. The molecule has 0 bridgehead atoms. The van der Waals surface area contributed by atoms with Crippen LogP contribution in [0.3, 0.4) is 0 Å². The van der Waals surface area contributed by atoms with E-state index in [2.05, 4.69) is 0 Å². The molecule has 4 heteroatoms. The highest BCUT2D eigenvalue weighted by atomic mass is 35.5. The van der Waals surface area contributed by atoms with E-state index in [1.54, 1.807) is 12.1 Å². The third kappa shape index (κ3) is 4.35. The summed E-state index contributed by atoms with van der Waals surface area (Å²) in [7, 11) is 0. The highest BCUT2D eigenvalue weighted by Crippen LogP contribution is 2.32. The molecule has 112 valence electrons. The van der Waals surface area contributed by atoms with Crippen molar-refractivity contribution in [2.24, 2.45) is 5.41 Å². The lowest BCUT2D eigenvalue weighted by Gasteiger charge is -2.30. The minimum absolute atomic E-state index is 0.310. The van der Waals surface area contributed by atoms with Crippen molar-refractivity contribution in [2.45, 2.75) is 12.8 Å². The minimum Gasteiger partial charge on any atom is -0.207 e. The van der Waals surface area contributed by atoms with Crippen molar-refractivity contribution < 1.29 is 4.39 Å². The van der Waals surface area contributed by atoms with E-state index < -0.39 is 0 Å². The molecule has 0 saturated heterocycles. The number of halogens is 4. The van der Waals surface area contributed by atoms with E-state index in [4.69, 9.17) is 34.8 Å². The molecule has 2 aromatic rings. The van der Waals surface area contributed by atoms with Gasteiger partial charge in [0, 0.05) is 22.2 Å². The fraction of sp³-hybridized carbons (Fsp3) is 0.294. The predicted molar refractivity (Wildman–Crippen MR) is 89.1 cm³/mol. The first-order valence-electron chi connectivity index (χ1n) is 6.68. The van der Waals surface area contributed by atoms with Gasteiger partial charge in [-0.25, -0.2) is 4.39 Å². The molecule has 2 rings (SSSR count). The van der Waals surface area contributed by atoms with Crippen molar-refractivity contribution in [2.75, 3.05) is 11.8 Å². The van der Waals surface area contributed by atoms with Crippen LogP contribution in [-0.2, 0) is 12.8 Å². The van der Waals surface area contributed by atoms with Gasteiger partial charge < -0.3 is 0 Å². The summed E-state index contributed by atoms with van der Waals surface area (Å²) in [5, 5.41) is 0.390. The Bertz CT molecular complexity index is 580. The zero-order valence-corrected chi connectivity index (χ0v) is 13.7. The molecular formula is C17H16Cl3F. The van der Waals surface area contributed by atoms with Gasteiger partial charge in [-0.05, 0) is 36.1 Å². The van der Waals surface area contributed by atoms with Crippen LogP contribution in [0, 0.1) is 11.2 Å². The third-order valence-electron chi connectivity index (χ3n) is 3.57. The molecule has 0 fully saturated rings. The molecule has 0 atom stereocenters. The van der Waals surface area contributed by atoms with Gasteiger partial charge in [-0.3, -0.25) is 0 Å². The Morgan fingerprint density at radius 1 is 0.905 bits per heavy atom. The molecule has 0 saturated carbocycles. The van der Waals surface area contributed by atoms with Crippen LogP contribution in [0.2, 0.25) is 5.02 Å². The molecule has 0 aliphatic heterocycles. The van der Waals surface area contributed by atoms with Crippen molar-refractivity contribution in [1.82, 2.24) is 0 Å². The summed E-state index contributed by atoms with van der Waals surface area (Å²) in [5.41, 5.74) is 1.36. The highest BCUT2D eigenvalue weighted by Gasteiger charge is 2.30. The standard InChI is InChI=1S/C17H16Cl3F/c18-11-17(12-19,9-13-4-2-1-3-5-13)10-14-6-7-15(20)8-16(14)21/h1-8H,9-12H2. The van der Waals surface area contributed by atoms with Gasteiger partial charge in [0.1, 0.15) is 5.82 Å². The average molecular weight is 346 g/mol. The summed E-state index contributed by atoms with van der Waals surface area (Å²) in [4.78, 5) is 0. The zero-order valence-electron chi connectivity index (χ0n) is 11.5. The number of benzene rings is 2. The quantitative estimate of drug-likeness (QED) is 0.587. The van der Waals surface area contributed by atoms with Gasteiger partial charge in [0.2, 0.25) is 0 Å². The molecule has 0 aliphatic rings. The predicted octanol–water partition coefficient (Wildman–Crippen LogP) is 5.73. The smallest absolute Gasteiger partial charge is 0.127 e. The molecule has 0 heterocycles. The largest absolute Gasteiger partial charge is 0.207 e. The van der Waals surface area contributed by atoms with Gasteiger partial charge >= 0.3 is 0 Å². The van der Waals surface area contributed by atoms with Crippen molar-refractivity contribution >= 4 is 34.8 Å². The van der Waals surface area contributed by atoms with Gasteiger partial charge in [-0.2, -0.15) is 0 Å². The lowest BCUT2D eigenvalue weighted by molar-refractivity contribution is 0.367. The van der Waals surface area contributed by atoms with Gasteiger partial charge in [0.25, 0.3) is 0 Å². The number of alkyl halides is 2. The zero-order chi connectivity index (χ0) is 15.3. The monoisotopic (exact) mass is 344 g/mol. The van der Waals surface area contributed by atoms with Gasteiger partial charge in [0.05, 0.1) is 0 Å². The topological polar surface area (TPSA) is 0 Å². The van der Waals surface area contributed by atoms with Gasteiger partial charge in [-0.15, -0.1) is 23.2 Å². The molecule has 0 aromatic heterocycles. The van der Waals surface area contributed by atoms with Crippen LogP contribution in [0.1, 0.15) is 11.1 Å². The average Bonchev–Trinajstić information content (AvgIpc) is 2.50. The van der Waals surface area contributed by atoms with E-state index in [1.807, 2.05) is 30.3 Å². The van der Waals surface area contributed by atoms with E-state index >= 15 is 0 Å². The number of hydrogen-bond donors (Lipinski definition) is 0. The fourth-order valence-electron chi connectivity index (χ4n) is 2.39. The molecule has 0 amide bonds. The van der Waals surface area contributed by atoms with Crippen molar-refractivity contribution in [3.63, 3.8) is 0 Å². The van der Waals surface area contributed by atoms with E-state index in [9.17, 15) is 4.39 Å². The third-order valence-corrected chi connectivity index (χ3v) is 4.94. The molecule has 0 radical (unpaired) electrons. The Morgan fingerprint density at radius 3 is 2.14 bits per heavy atom. The molecular weight excluding hydrogens is 330 g/mol. The highest BCUT2D eigenvalue weighted by molar-refractivity contribution is 6.30. The first kappa shape index (κ1) is 16.6. The molecule has 2 aromatic carbocycles. The number of rotatable bonds is 6.